The van der Waals surface area contributed by atoms with Gasteiger partial charge in [0, 0.05) is 12.7 Å². The van der Waals surface area contributed by atoms with Gasteiger partial charge >= 0.3 is 0 Å². The molecule has 0 aliphatic heterocycles. The van der Waals surface area contributed by atoms with E-state index in [-0.39, 0.29) is 10.7 Å². The molecule has 0 fully saturated rings. The number of likely N-dealkylation sites (N-methyl/N-ethyl adjacent to an activating group) is 1. The van der Waals surface area contributed by atoms with Crippen LogP contribution in [-0.4, -0.2) is 17.8 Å². The van der Waals surface area contributed by atoms with Gasteiger partial charge in [-0.25, -0.2) is 0 Å². The summed E-state index contributed by atoms with van der Waals surface area (Å²) in [7, 11) is 1.89. The predicted molar refractivity (Wildman–Crippen MR) is 58.2 cm³/mol. The molecule has 1 rings (SSSR count). The van der Waals surface area contributed by atoms with Gasteiger partial charge in [-0.2, -0.15) is 0 Å². The Bertz CT molecular complexity index is 286. The first-order chi connectivity index (χ1) is 6.13. The minimum atomic E-state index is -0.241. The lowest BCUT2D eigenvalue weighted by Gasteiger charge is -2.23. The van der Waals surface area contributed by atoms with Gasteiger partial charge in [-0.05, 0) is 19.1 Å². The van der Waals surface area contributed by atoms with Crippen molar-refractivity contribution in [2.75, 3.05) is 11.9 Å². The van der Waals surface area contributed by atoms with Crippen LogP contribution in [-0.2, 0) is 4.79 Å². The van der Waals surface area contributed by atoms with Crippen molar-refractivity contribution in [1.29, 1.82) is 0 Å². The van der Waals surface area contributed by atoms with Crippen molar-refractivity contribution in [1.82, 2.24) is 0 Å². The number of benzene rings is 1. The molecule has 2 nitrogen and oxygen atoms in total. The Hall–Kier alpha value is -0.830. The highest BCUT2D eigenvalue weighted by atomic mass is 79.9. The van der Waals surface area contributed by atoms with Crippen molar-refractivity contribution in [2.45, 2.75) is 11.9 Å². The van der Waals surface area contributed by atoms with E-state index in [1.807, 2.05) is 42.3 Å². The van der Waals surface area contributed by atoms with Gasteiger partial charge in [0.15, 0.2) is 5.78 Å². The van der Waals surface area contributed by atoms with E-state index in [0.29, 0.717) is 0 Å². The third kappa shape index (κ3) is 2.56. The van der Waals surface area contributed by atoms with E-state index in [1.165, 1.54) is 0 Å². The monoisotopic (exact) mass is 241 g/mol. The van der Waals surface area contributed by atoms with Gasteiger partial charge < -0.3 is 4.90 Å². The van der Waals surface area contributed by atoms with Crippen LogP contribution in [0.2, 0.25) is 0 Å². The van der Waals surface area contributed by atoms with Crippen molar-refractivity contribution < 1.29 is 4.79 Å². The van der Waals surface area contributed by atoms with Crippen LogP contribution in [0.3, 0.4) is 0 Å². The number of Topliss-reactive ketones (excluding diaryl/α,β-unsaturated/α-hetero) is 1. The Morgan fingerprint density at radius 2 is 1.92 bits per heavy atom. The number of para-hydroxylation sites is 1. The average Bonchev–Trinajstić information content (AvgIpc) is 2.17. The minimum Gasteiger partial charge on any atom is -0.356 e. The van der Waals surface area contributed by atoms with Gasteiger partial charge in [-0.3, -0.25) is 4.79 Å². The van der Waals surface area contributed by atoms with Gasteiger partial charge in [0.1, 0.15) is 4.95 Å². The molecule has 0 aliphatic carbocycles. The van der Waals surface area contributed by atoms with E-state index in [1.54, 1.807) is 6.92 Å². The molecule has 1 aromatic carbocycles. The van der Waals surface area contributed by atoms with E-state index in [9.17, 15) is 4.79 Å². The zero-order valence-corrected chi connectivity index (χ0v) is 9.28. The molecule has 0 amide bonds. The van der Waals surface area contributed by atoms with E-state index in [4.69, 9.17) is 0 Å². The molecule has 13 heavy (non-hydrogen) atoms. The number of hydrogen-bond donors (Lipinski definition) is 0. The molecule has 0 N–H and O–H groups in total. The zero-order valence-electron chi connectivity index (χ0n) is 7.70. The molecule has 70 valence electrons. The molecular formula is C10H12BrNO. The highest BCUT2D eigenvalue weighted by Gasteiger charge is 2.15. The summed E-state index contributed by atoms with van der Waals surface area (Å²) in [6, 6.07) is 9.79. The Labute approximate surface area is 86.7 Å². The molecule has 0 spiro atoms. The number of carbonyl (C=O) groups excluding carboxylic acids is 1. The maximum atomic E-state index is 11.1. The normalized spacial score (nSPS) is 12.2. The molecule has 1 unspecified atom stereocenters. The lowest BCUT2D eigenvalue weighted by atomic mass is 10.3. The smallest absolute Gasteiger partial charge is 0.163 e. The number of hydrogen-bond acceptors (Lipinski definition) is 2. The maximum Gasteiger partial charge on any atom is 0.163 e. The average molecular weight is 242 g/mol. The Balaban J connectivity index is 2.79. The number of alkyl halides is 1. The third-order valence-corrected chi connectivity index (χ3v) is 3.10. The van der Waals surface area contributed by atoms with Gasteiger partial charge in [0.2, 0.25) is 0 Å². The minimum absolute atomic E-state index is 0.103. The van der Waals surface area contributed by atoms with E-state index >= 15 is 0 Å². The van der Waals surface area contributed by atoms with Crippen LogP contribution in [0, 0.1) is 0 Å². The van der Waals surface area contributed by atoms with E-state index in [2.05, 4.69) is 15.9 Å². The first-order valence-electron chi connectivity index (χ1n) is 4.05. The summed E-state index contributed by atoms with van der Waals surface area (Å²) in [5, 5.41) is 0. The Kier molecular flexibility index (Phi) is 3.48. The quantitative estimate of drug-likeness (QED) is 0.599. The van der Waals surface area contributed by atoms with Crippen molar-refractivity contribution in [3.63, 3.8) is 0 Å². The van der Waals surface area contributed by atoms with Crippen LogP contribution < -0.4 is 4.90 Å². The molecule has 0 heterocycles. The third-order valence-electron chi connectivity index (χ3n) is 1.84. The van der Waals surface area contributed by atoms with Crippen molar-refractivity contribution in [3.05, 3.63) is 30.3 Å². The van der Waals surface area contributed by atoms with Gasteiger partial charge in [-0.15, -0.1) is 0 Å². The van der Waals surface area contributed by atoms with E-state index in [0.717, 1.165) is 5.69 Å². The lowest BCUT2D eigenvalue weighted by molar-refractivity contribution is -0.116. The molecule has 0 aromatic heterocycles. The summed E-state index contributed by atoms with van der Waals surface area (Å²) in [4.78, 5) is 12.7. The summed E-state index contributed by atoms with van der Waals surface area (Å²) >= 11 is 3.32. The number of nitrogens with zero attached hydrogens (tertiary/aromatic N) is 1. The molecule has 0 radical (unpaired) electrons. The maximum absolute atomic E-state index is 11.1. The summed E-state index contributed by atoms with van der Waals surface area (Å²) in [6.07, 6.45) is 0. The van der Waals surface area contributed by atoms with Crippen molar-refractivity contribution >= 4 is 27.4 Å². The fourth-order valence-corrected chi connectivity index (χ4v) is 1.30. The van der Waals surface area contributed by atoms with Gasteiger partial charge in [-0.1, -0.05) is 34.1 Å². The molecule has 1 atom stereocenters. The highest BCUT2D eigenvalue weighted by molar-refractivity contribution is 9.10. The fourth-order valence-electron chi connectivity index (χ4n) is 1.07. The first-order valence-corrected chi connectivity index (χ1v) is 4.97. The SMILES string of the molecule is CC(=O)C(Br)N(C)c1ccccc1. The summed E-state index contributed by atoms with van der Waals surface area (Å²) in [6.45, 7) is 1.57. The fraction of sp³-hybridized carbons (Fsp3) is 0.300. The van der Waals surface area contributed by atoms with Crippen LogP contribution >= 0.6 is 15.9 Å². The number of halogens is 1. The van der Waals surface area contributed by atoms with Crippen molar-refractivity contribution in [3.8, 4) is 0 Å². The summed E-state index contributed by atoms with van der Waals surface area (Å²) in [5.41, 5.74) is 1.03. The molecule has 0 bridgehead atoms. The van der Waals surface area contributed by atoms with Crippen LogP contribution in [0.4, 0.5) is 5.69 Å². The number of carbonyl (C=O) groups is 1. The van der Waals surface area contributed by atoms with Gasteiger partial charge in [0.25, 0.3) is 0 Å². The molecule has 0 saturated heterocycles. The molecule has 1 aromatic rings. The largest absolute Gasteiger partial charge is 0.356 e. The standard InChI is InChI=1S/C10H12BrNO/c1-8(13)10(11)12(2)9-6-4-3-5-7-9/h3-7,10H,1-2H3. The van der Waals surface area contributed by atoms with Crippen LogP contribution in [0.1, 0.15) is 6.92 Å². The number of rotatable bonds is 3. The zero-order chi connectivity index (χ0) is 9.84. The predicted octanol–water partition coefficient (Wildman–Crippen LogP) is 2.43. The second kappa shape index (κ2) is 4.42. The van der Waals surface area contributed by atoms with E-state index < -0.39 is 0 Å². The molecule has 3 heteroatoms. The second-order valence-electron chi connectivity index (χ2n) is 2.89. The van der Waals surface area contributed by atoms with Crippen molar-refractivity contribution in [2.24, 2.45) is 0 Å². The number of ketones is 1. The van der Waals surface area contributed by atoms with Gasteiger partial charge in [0.05, 0.1) is 0 Å². The topological polar surface area (TPSA) is 20.3 Å². The Morgan fingerprint density at radius 3 is 2.38 bits per heavy atom. The molecule has 0 saturated carbocycles. The number of anilines is 1. The van der Waals surface area contributed by atoms with Crippen LogP contribution in [0.15, 0.2) is 30.3 Å². The second-order valence-corrected chi connectivity index (χ2v) is 3.76. The molecular weight excluding hydrogens is 230 g/mol. The van der Waals surface area contributed by atoms with Crippen LogP contribution in [0.5, 0.6) is 0 Å². The van der Waals surface area contributed by atoms with Crippen LogP contribution in [0.25, 0.3) is 0 Å². The summed E-state index contributed by atoms with van der Waals surface area (Å²) < 4.78 is 0. The molecule has 0 aliphatic rings. The summed E-state index contributed by atoms with van der Waals surface area (Å²) in [5.74, 6) is 0.103. The lowest BCUT2D eigenvalue weighted by Crippen LogP contribution is -2.31. The first kappa shape index (κ1) is 10.3. The highest BCUT2D eigenvalue weighted by Crippen LogP contribution is 2.17. The Morgan fingerprint density at radius 1 is 1.38 bits per heavy atom.